The van der Waals surface area contributed by atoms with E-state index in [1.807, 2.05) is 0 Å². The Hall–Kier alpha value is -3.52. The molecule has 2 heteroatoms. The zero-order chi connectivity index (χ0) is 40.6. The number of unbranched alkanes of at least 4 members (excludes halogenated alkanes) is 2. The monoisotopic (exact) mass is 756 g/mol. The van der Waals surface area contributed by atoms with Crippen molar-refractivity contribution in [3.63, 3.8) is 0 Å². The first-order valence-corrected chi connectivity index (χ1v) is 23.0. The number of allylic oxidation sites excluding steroid dienone is 2. The van der Waals surface area contributed by atoms with Gasteiger partial charge in [0.2, 0.25) is 0 Å². The fourth-order valence-corrected chi connectivity index (χ4v) is 9.16. The summed E-state index contributed by atoms with van der Waals surface area (Å²) in [6, 6.07) is 24.2. The molecule has 2 atom stereocenters. The lowest BCUT2D eigenvalue weighted by Crippen LogP contribution is -2.22. The molecule has 4 aromatic rings. The van der Waals surface area contributed by atoms with Crippen LogP contribution in [0.5, 0.6) is 11.5 Å². The zero-order valence-electron chi connectivity index (χ0n) is 37.8. The second kappa shape index (κ2) is 19.3. The van der Waals surface area contributed by atoms with Gasteiger partial charge in [0.05, 0.1) is 11.4 Å². The summed E-state index contributed by atoms with van der Waals surface area (Å²) in [5.74, 6) is 3.27. The summed E-state index contributed by atoms with van der Waals surface area (Å²) in [6.45, 7) is 28.1. The molecule has 1 aliphatic rings. The Labute approximate surface area is 343 Å². The molecule has 0 saturated heterocycles. The molecule has 1 heterocycles. The van der Waals surface area contributed by atoms with Gasteiger partial charge in [-0.05, 0) is 150 Å². The molecule has 0 saturated carbocycles. The molecule has 0 spiro atoms. The summed E-state index contributed by atoms with van der Waals surface area (Å²) >= 11 is 0. The standard InChI is InChI=1S/C54H77NO/c1-13-22-24-39(16-4)30-43-32-42(34-47-44(31-40(17-5)25-23-14-2)33-46(36-48(43)47)54(12,20-8)21-9)41-26-28-49-51(35-41)56-52-37-45(53(11,18-6)19-7)27-29-50(52)55(49)38(10)15-3/h15,26-29,32-37,39-40H,13-14,16-25,30-31H2,1-12H3/b38-15+. The molecular weight excluding hydrogens is 679 g/mol. The maximum atomic E-state index is 6.97. The summed E-state index contributed by atoms with van der Waals surface area (Å²) in [4.78, 5) is 2.39. The normalized spacial score (nSPS) is 14.4. The van der Waals surface area contributed by atoms with Gasteiger partial charge in [0.1, 0.15) is 0 Å². The van der Waals surface area contributed by atoms with Gasteiger partial charge in [0.25, 0.3) is 0 Å². The van der Waals surface area contributed by atoms with Crippen molar-refractivity contribution in [1.29, 1.82) is 0 Å². The van der Waals surface area contributed by atoms with Crippen LogP contribution in [0.3, 0.4) is 0 Å². The summed E-state index contributed by atoms with van der Waals surface area (Å²) in [5.41, 5.74) is 12.2. The molecule has 56 heavy (non-hydrogen) atoms. The van der Waals surface area contributed by atoms with E-state index in [1.165, 1.54) is 95.7 Å². The highest BCUT2D eigenvalue weighted by Crippen LogP contribution is 2.51. The molecule has 4 aromatic carbocycles. The Kier molecular flexibility index (Phi) is 15.0. The van der Waals surface area contributed by atoms with Crippen molar-refractivity contribution in [3.05, 3.63) is 94.7 Å². The number of rotatable bonds is 20. The maximum Gasteiger partial charge on any atom is 0.152 e. The number of ether oxygens (including phenoxy) is 1. The molecule has 0 aromatic heterocycles. The molecule has 2 unspecified atom stereocenters. The number of fused-ring (bicyclic) bond motifs is 3. The maximum absolute atomic E-state index is 6.97. The van der Waals surface area contributed by atoms with Crippen LogP contribution in [-0.4, -0.2) is 0 Å². The van der Waals surface area contributed by atoms with Gasteiger partial charge >= 0.3 is 0 Å². The highest BCUT2D eigenvalue weighted by atomic mass is 16.5. The second-order valence-corrected chi connectivity index (χ2v) is 17.9. The van der Waals surface area contributed by atoms with E-state index in [9.17, 15) is 0 Å². The van der Waals surface area contributed by atoms with E-state index < -0.39 is 0 Å². The van der Waals surface area contributed by atoms with Gasteiger partial charge in [-0.2, -0.15) is 0 Å². The molecule has 2 nitrogen and oxygen atoms in total. The van der Waals surface area contributed by atoms with Crippen LogP contribution in [0.1, 0.15) is 182 Å². The lowest BCUT2D eigenvalue weighted by molar-refractivity contribution is 0.431. The first-order valence-electron chi connectivity index (χ1n) is 23.0. The zero-order valence-corrected chi connectivity index (χ0v) is 37.8. The third kappa shape index (κ3) is 9.11. The molecule has 0 radical (unpaired) electrons. The van der Waals surface area contributed by atoms with Crippen molar-refractivity contribution < 1.29 is 4.74 Å². The minimum absolute atomic E-state index is 0.118. The van der Waals surface area contributed by atoms with Crippen molar-refractivity contribution in [2.75, 3.05) is 4.90 Å². The van der Waals surface area contributed by atoms with E-state index in [0.29, 0.717) is 11.8 Å². The van der Waals surface area contributed by atoms with Crippen molar-refractivity contribution in [3.8, 4) is 22.6 Å². The minimum Gasteiger partial charge on any atom is -0.453 e. The Morgan fingerprint density at radius 2 is 1.12 bits per heavy atom. The number of hydrogen-bond donors (Lipinski definition) is 0. The van der Waals surface area contributed by atoms with Gasteiger partial charge in [-0.15, -0.1) is 0 Å². The van der Waals surface area contributed by atoms with E-state index in [-0.39, 0.29) is 10.8 Å². The lowest BCUT2D eigenvalue weighted by Gasteiger charge is -2.35. The largest absolute Gasteiger partial charge is 0.453 e. The van der Waals surface area contributed by atoms with Crippen molar-refractivity contribution in [2.45, 2.75) is 184 Å². The van der Waals surface area contributed by atoms with Crippen LogP contribution in [0.25, 0.3) is 21.9 Å². The van der Waals surface area contributed by atoms with Crippen molar-refractivity contribution >= 4 is 22.1 Å². The fraction of sp³-hybridized carbons (Fsp3) is 0.556. The van der Waals surface area contributed by atoms with E-state index in [4.69, 9.17) is 4.74 Å². The Morgan fingerprint density at radius 3 is 1.66 bits per heavy atom. The third-order valence-corrected chi connectivity index (χ3v) is 14.6. The van der Waals surface area contributed by atoms with Gasteiger partial charge in [0, 0.05) is 5.70 Å². The molecule has 0 amide bonds. The smallest absolute Gasteiger partial charge is 0.152 e. The van der Waals surface area contributed by atoms with Crippen LogP contribution in [0.2, 0.25) is 0 Å². The first-order chi connectivity index (χ1) is 27.0. The summed E-state index contributed by atoms with van der Waals surface area (Å²) in [5, 5.41) is 2.96. The SMILES string of the molecule is C/C=C(\C)N1c2ccc(-c3cc(CC(CC)CCCC)c4cc(C(C)(CC)CC)cc(CC(CC)CCCC)c4c3)cc2Oc2cc(C(C)(CC)CC)ccc21. The first kappa shape index (κ1) is 43.6. The summed E-state index contributed by atoms with van der Waals surface area (Å²) in [7, 11) is 0. The minimum atomic E-state index is 0.118. The van der Waals surface area contributed by atoms with Gasteiger partial charge in [0.15, 0.2) is 11.5 Å². The van der Waals surface area contributed by atoms with E-state index in [2.05, 4.69) is 155 Å². The number of hydrogen-bond acceptors (Lipinski definition) is 2. The van der Waals surface area contributed by atoms with Crippen molar-refractivity contribution in [2.24, 2.45) is 11.8 Å². The molecule has 304 valence electrons. The molecule has 0 fully saturated rings. The Balaban J connectivity index is 1.74. The van der Waals surface area contributed by atoms with E-state index >= 15 is 0 Å². The second-order valence-electron chi connectivity index (χ2n) is 17.9. The predicted octanol–water partition coefficient (Wildman–Crippen LogP) is 17.3. The topological polar surface area (TPSA) is 12.5 Å². The third-order valence-electron chi connectivity index (χ3n) is 14.6. The predicted molar refractivity (Wildman–Crippen MR) is 247 cm³/mol. The van der Waals surface area contributed by atoms with Gasteiger partial charge in [-0.1, -0.05) is 157 Å². The molecule has 5 rings (SSSR count). The van der Waals surface area contributed by atoms with Crippen LogP contribution in [0.4, 0.5) is 11.4 Å². The highest BCUT2D eigenvalue weighted by molar-refractivity contribution is 5.94. The summed E-state index contributed by atoms with van der Waals surface area (Å²) < 4.78 is 6.97. The van der Waals surface area contributed by atoms with Crippen LogP contribution >= 0.6 is 0 Å². The summed E-state index contributed by atoms with van der Waals surface area (Å²) in [6.07, 6.45) is 19.2. The molecule has 0 aliphatic carbocycles. The highest BCUT2D eigenvalue weighted by Gasteiger charge is 2.30. The van der Waals surface area contributed by atoms with Gasteiger partial charge < -0.3 is 9.64 Å². The molecule has 1 aliphatic heterocycles. The number of benzene rings is 4. The van der Waals surface area contributed by atoms with E-state index in [1.54, 1.807) is 5.56 Å². The molecular formula is C54H77NO. The van der Waals surface area contributed by atoms with Crippen LogP contribution in [0, 0.1) is 11.8 Å². The fourth-order valence-electron chi connectivity index (χ4n) is 9.16. The average molecular weight is 756 g/mol. The van der Waals surface area contributed by atoms with Gasteiger partial charge in [-0.25, -0.2) is 0 Å². The van der Waals surface area contributed by atoms with Crippen LogP contribution in [-0.2, 0) is 23.7 Å². The average Bonchev–Trinajstić information content (AvgIpc) is 3.23. The number of nitrogens with zero attached hydrogens (tertiary/aromatic N) is 1. The molecule has 0 N–H and O–H groups in total. The quantitative estimate of drug-likeness (QED) is 0.0891. The Morgan fingerprint density at radius 1 is 0.607 bits per heavy atom. The molecule has 0 bridgehead atoms. The Bertz CT molecular complexity index is 1940. The van der Waals surface area contributed by atoms with Crippen LogP contribution in [0.15, 0.2) is 72.4 Å². The van der Waals surface area contributed by atoms with Crippen LogP contribution < -0.4 is 9.64 Å². The van der Waals surface area contributed by atoms with Crippen molar-refractivity contribution in [1.82, 2.24) is 0 Å². The van der Waals surface area contributed by atoms with E-state index in [0.717, 1.165) is 61.4 Å². The lowest BCUT2D eigenvalue weighted by atomic mass is 9.75. The number of anilines is 2. The van der Waals surface area contributed by atoms with Gasteiger partial charge in [-0.3, -0.25) is 0 Å².